The molecule has 0 heterocycles. The molecule has 0 radical (unpaired) electrons. The van der Waals surface area contributed by atoms with Crippen molar-refractivity contribution in [3.05, 3.63) is 77.9 Å². The van der Waals surface area contributed by atoms with Crippen LogP contribution in [-0.4, -0.2) is 38.2 Å². The Morgan fingerprint density at radius 3 is 1.90 bits per heavy atom. The molecule has 0 aliphatic carbocycles. The molecule has 2 rings (SSSR count). The molecule has 29 heavy (non-hydrogen) atoms. The van der Waals surface area contributed by atoms with Crippen LogP contribution in [0.15, 0.2) is 66.7 Å². The summed E-state index contributed by atoms with van der Waals surface area (Å²) < 4.78 is 15.3. The SMILES string of the molecule is COC(=O)C(Cc1ccccc1)(C(=O)OC)[C@@H](/C=C/c1ccccc1)OC(C)=O. The largest absolute Gasteiger partial charge is 0.468 e. The molecule has 0 aliphatic heterocycles. The van der Waals surface area contributed by atoms with Crippen LogP contribution in [-0.2, 0) is 35.0 Å². The minimum absolute atomic E-state index is 0.0652. The third kappa shape index (κ3) is 5.31. The number of esters is 3. The van der Waals surface area contributed by atoms with E-state index in [9.17, 15) is 14.4 Å². The third-order valence-electron chi connectivity index (χ3n) is 4.47. The minimum atomic E-state index is -1.90. The standard InChI is InChI=1S/C23H24O6/c1-17(24)29-20(15-14-18-10-6-4-7-11-18)23(21(25)27-2,22(26)28-3)16-19-12-8-5-9-13-19/h4-15,20H,16H2,1-3H3/b15-14+/t20-/m1/s1. The van der Waals surface area contributed by atoms with Crippen LogP contribution in [0.25, 0.3) is 6.08 Å². The second-order valence-corrected chi connectivity index (χ2v) is 6.42. The number of benzene rings is 2. The second-order valence-electron chi connectivity index (χ2n) is 6.42. The van der Waals surface area contributed by atoms with Crippen LogP contribution >= 0.6 is 0 Å². The predicted octanol–water partition coefficient (Wildman–Crippen LogP) is 3.21. The summed E-state index contributed by atoms with van der Waals surface area (Å²) in [5.41, 5.74) is -0.400. The zero-order valence-corrected chi connectivity index (χ0v) is 16.7. The van der Waals surface area contributed by atoms with E-state index in [0.29, 0.717) is 5.56 Å². The molecule has 0 aromatic heterocycles. The van der Waals surface area contributed by atoms with E-state index in [1.54, 1.807) is 30.3 Å². The van der Waals surface area contributed by atoms with Crippen LogP contribution in [0.2, 0.25) is 0 Å². The van der Waals surface area contributed by atoms with Crippen molar-refractivity contribution in [2.75, 3.05) is 14.2 Å². The summed E-state index contributed by atoms with van der Waals surface area (Å²) in [6, 6.07) is 18.2. The van der Waals surface area contributed by atoms with E-state index in [1.165, 1.54) is 27.2 Å². The highest BCUT2D eigenvalue weighted by Crippen LogP contribution is 2.34. The first-order chi connectivity index (χ1) is 13.9. The Morgan fingerprint density at radius 2 is 1.41 bits per heavy atom. The lowest BCUT2D eigenvalue weighted by Crippen LogP contribution is -2.52. The van der Waals surface area contributed by atoms with Crippen molar-refractivity contribution in [3.63, 3.8) is 0 Å². The first-order valence-electron chi connectivity index (χ1n) is 9.05. The van der Waals surface area contributed by atoms with Crippen molar-refractivity contribution in [2.24, 2.45) is 5.41 Å². The summed E-state index contributed by atoms with van der Waals surface area (Å²) in [5.74, 6) is -2.34. The van der Waals surface area contributed by atoms with Gasteiger partial charge in [-0.25, -0.2) is 0 Å². The van der Waals surface area contributed by atoms with Gasteiger partial charge in [0.15, 0.2) is 0 Å². The zero-order chi connectivity index (χ0) is 21.3. The van der Waals surface area contributed by atoms with E-state index in [2.05, 4.69) is 0 Å². The van der Waals surface area contributed by atoms with Gasteiger partial charge in [-0.15, -0.1) is 0 Å². The maximum absolute atomic E-state index is 12.9. The third-order valence-corrected chi connectivity index (χ3v) is 4.47. The van der Waals surface area contributed by atoms with Gasteiger partial charge in [0, 0.05) is 13.3 Å². The van der Waals surface area contributed by atoms with E-state index < -0.39 is 29.4 Å². The van der Waals surface area contributed by atoms with Gasteiger partial charge in [-0.2, -0.15) is 0 Å². The van der Waals surface area contributed by atoms with E-state index in [4.69, 9.17) is 14.2 Å². The van der Waals surface area contributed by atoms with Crippen molar-refractivity contribution in [2.45, 2.75) is 19.4 Å². The Labute approximate surface area is 170 Å². The summed E-state index contributed by atoms with van der Waals surface area (Å²) >= 11 is 0. The van der Waals surface area contributed by atoms with Crippen LogP contribution in [0.4, 0.5) is 0 Å². The molecule has 6 heteroatoms. The van der Waals surface area contributed by atoms with Crippen LogP contribution < -0.4 is 0 Å². The number of rotatable bonds is 8. The molecule has 0 saturated heterocycles. The molecule has 0 unspecified atom stereocenters. The maximum atomic E-state index is 12.9. The Balaban J connectivity index is 2.60. The van der Waals surface area contributed by atoms with Gasteiger partial charge in [-0.05, 0) is 17.2 Å². The number of carbonyl (C=O) groups excluding carboxylic acids is 3. The molecule has 0 amide bonds. The highest BCUT2D eigenvalue weighted by molar-refractivity contribution is 6.02. The van der Waals surface area contributed by atoms with E-state index in [-0.39, 0.29) is 6.42 Å². The topological polar surface area (TPSA) is 78.9 Å². The van der Waals surface area contributed by atoms with E-state index in [1.807, 2.05) is 36.4 Å². The first kappa shape index (κ1) is 21.9. The molecule has 0 spiro atoms. The Kier molecular flexibility index (Phi) is 7.71. The highest BCUT2D eigenvalue weighted by atomic mass is 16.6. The van der Waals surface area contributed by atoms with Gasteiger partial charge < -0.3 is 14.2 Å². The predicted molar refractivity (Wildman–Crippen MR) is 108 cm³/mol. The Bertz CT molecular complexity index is 841. The van der Waals surface area contributed by atoms with E-state index >= 15 is 0 Å². The lowest BCUT2D eigenvalue weighted by Gasteiger charge is -2.33. The van der Waals surface area contributed by atoms with Crippen molar-refractivity contribution >= 4 is 24.0 Å². The normalized spacial score (nSPS) is 12.2. The minimum Gasteiger partial charge on any atom is -0.468 e. The van der Waals surface area contributed by atoms with Gasteiger partial charge in [0.05, 0.1) is 14.2 Å². The summed E-state index contributed by atoms with van der Waals surface area (Å²) in [5, 5.41) is 0. The monoisotopic (exact) mass is 396 g/mol. The average Bonchev–Trinajstić information content (AvgIpc) is 2.75. The van der Waals surface area contributed by atoms with Gasteiger partial charge >= 0.3 is 17.9 Å². The fourth-order valence-corrected chi connectivity index (χ4v) is 3.09. The quantitative estimate of drug-likeness (QED) is 0.387. The number of carbonyl (C=O) groups is 3. The number of hydrogen-bond acceptors (Lipinski definition) is 6. The fraction of sp³-hybridized carbons (Fsp3) is 0.261. The molecular formula is C23H24O6. The molecule has 152 valence electrons. The molecule has 0 aliphatic rings. The molecule has 2 aromatic carbocycles. The Morgan fingerprint density at radius 1 is 0.897 bits per heavy atom. The molecular weight excluding hydrogens is 372 g/mol. The van der Waals surface area contributed by atoms with Crippen molar-refractivity contribution in [1.82, 2.24) is 0 Å². The summed E-state index contributed by atoms with van der Waals surface area (Å²) in [4.78, 5) is 37.7. The van der Waals surface area contributed by atoms with Crippen molar-refractivity contribution in [3.8, 4) is 0 Å². The number of methoxy groups -OCH3 is 2. The summed E-state index contributed by atoms with van der Waals surface area (Å²) in [6.45, 7) is 1.21. The average molecular weight is 396 g/mol. The Hall–Kier alpha value is -3.41. The van der Waals surface area contributed by atoms with Gasteiger partial charge in [0.1, 0.15) is 6.10 Å². The van der Waals surface area contributed by atoms with Crippen molar-refractivity contribution in [1.29, 1.82) is 0 Å². The second kappa shape index (κ2) is 10.2. The summed E-state index contributed by atoms with van der Waals surface area (Å²) in [6.07, 6.45) is 1.89. The van der Waals surface area contributed by atoms with Crippen LogP contribution in [0.1, 0.15) is 18.1 Å². The van der Waals surface area contributed by atoms with Crippen LogP contribution in [0.5, 0.6) is 0 Å². The summed E-state index contributed by atoms with van der Waals surface area (Å²) in [7, 11) is 2.35. The van der Waals surface area contributed by atoms with Crippen LogP contribution in [0.3, 0.4) is 0 Å². The number of hydrogen-bond donors (Lipinski definition) is 0. The van der Waals surface area contributed by atoms with E-state index in [0.717, 1.165) is 5.56 Å². The molecule has 0 saturated carbocycles. The van der Waals surface area contributed by atoms with Crippen molar-refractivity contribution < 1.29 is 28.6 Å². The van der Waals surface area contributed by atoms with Gasteiger partial charge in [0.25, 0.3) is 0 Å². The van der Waals surface area contributed by atoms with Gasteiger partial charge in [-0.3, -0.25) is 14.4 Å². The number of ether oxygens (including phenoxy) is 3. The molecule has 0 fully saturated rings. The maximum Gasteiger partial charge on any atom is 0.327 e. The molecule has 2 aromatic rings. The molecule has 0 bridgehead atoms. The fourth-order valence-electron chi connectivity index (χ4n) is 3.09. The highest BCUT2D eigenvalue weighted by Gasteiger charge is 2.56. The molecule has 1 atom stereocenters. The lowest BCUT2D eigenvalue weighted by molar-refractivity contribution is -0.180. The smallest absolute Gasteiger partial charge is 0.327 e. The van der Waals surface area contributed by atoms with Gasteiger partial charge in [-0.1, -0.05) is 66.7 Å². The first-order valence-corrected chi connectivity index (χ1v) is 9.05. The molecule has 6 nitrogen and oxygen atoms in total. The molecule has 0 N–H and O–H groups in total. The zero-order valence-electron chi connectivity index (χ0n) is 16.7. The van der Waals surface area contributed by atoms with Gasteiger partial charge in [0.2, 0.25) is 5.41 Å². The van der Waals surface area contributed by atoms with Crippen LogP contribution in [0, 0.1) is 5.41 Å². The lowest BCUT2D eigenvalue weighted by atomic mass is 9.76.